The Morgan fingerprint density at radius 2 is 1.76 bits per heavy atom. The molecule has 1 aromatic heterocycles. The minimum absolute atomic E-state index is 0.195. The summed E-state index contributed by atoms with van der Waals surface area (Å²) < 4.78 is 78.8. The first-order valence-corrected chi connectivity index (χ1v) is 12.5. The first-order valence-electron chi connectivity index (χ1n) is 10.9. The lowest BCUT2D eigenvalue weighted by molar-refractivity contribution is -0.136. The van der Waals surface area contributed by atoms with Gasteiger partial charge in [0.1, 0.15) is 11.3 Å². The van der Waals surface area contributed by atoms with Gasteiger partial charge in [0.2, 0.25) is 0 Å². The largest absolute Gasteiger partial charge is 0.423 e. The van der Waals surface area contributed by atoms with Crippen LogP contribution in [0.3, 0.4) is 0 Å². The van der Waals surface area contributed by atoms with Gasteiger partial charge in [-0.25, -0.2) is 4.79 Å². The van der Waals surface area contributed by atoms with E-state index in [1.807, 2.05) is 18.7 Å². The number of hydrogen-bond donors (Lipinski definition) is 1. The fourth-order valence-electron chi connectivity index (χ4n) is 4.40. The van der Waals surface area contributed by atoms with Crippen molar-refractivity contribution in [1.82, 2.24) is 0 Å². The Morgan fingerprint density at radius 1 is 1.09 bits per heavy atom. The number of benzene rings is 1. The Balaban J connectivity index is 2.20. The molecule has 0 amide bonds. The lowest BCUT2D eigenvalue weighted by Crippen LogP contribution is -2.46. The van der Waals surface area contributed by atoms with Gasteiger partial charge in [-0.15, -0.1) is 0 Å². The minimum Gasteiger partial charge on any atom is -0.423 e. The third-order valence-corrected chi connectivity index (χ3v) is 6.53. The quantitative estimate of drug-likeness (QED) is 0.294. The van der Waals surface area contributed by atoms with Crippen LogP contribution in [0.4, 0.5) is 18.9 Å². The fraction of sp³-hybridized carbons (Fsp3) is 0.522. The second-order valence-corrected chi connectivity index (χ2v) is 10.4. The molecule has 6 nitrogen and oxygen atoms in total. The molecule has 3 rings (SSSR count). The van der Waals surface area contributed by atoms with Gasteiger partial charge in [-0.2, -0.15) is 21.6 Å². The zero-order valence-corrected chi connectivity index (χ0v) is 19.6. The molecule has 0 unspecified atom stereocenters. The number of halogens is 3. The van der Waals surface area contributed by atoms with Gasteiger partial charge >= 0.3 is 11.8 Å². The summed E-state index contributed by atoms with van der Waals surface area (Å²) >= 11 is 0. The van der Waals surface area contributed by atoms with E-state index in [1.54, 1.807) is 6.08 Å². The Labute approximate surface area is 190 Å². The SMILES string of the molecule is CCCCCCCN1c2cc3oc(=O)cc(C(F)(F)F)c3cc2C(CS(=O)(=O)O)=CC1(C)C. The fourth-order valence-corrected chi connectivity index (χ4v) is 5.03. The Hall–Kier alpha value is -2.33. The lowest BCUT2D eigenvalue weighted by atomic mass is 9.87. The van der Waals surface area contributed by atoms with Crippen molar-refractivity contribution in [1.29, 1.82) is 0 Å². The van der Waals surface area contributed by atoms with Crippen LogP contribution in [0.15, 0.2) is 33.5 Å². The van der Waals surface area contributed by atoms with E-state index in [1.165, 1.54) is 12.1 Å². The first kappa shape index (κ1) is 25.3. The van der Waals surface area contributed by atoms with Crippen LogP contribution >= 0.6 is 0 Å². The summed E-state index contributed by atoms with van der Waals surface area (Å²) in [5.41, 5.74) is -2.27. The number of unbranched alkanes of at least 4 members (excludes halogenated alkanes) is 4. The van der Waals surface area contributed by atoms with E-state index in [2.05, 4.69) is 6.92 Å². The van der Waals surface area contributed by atoms with E-state index in [-0.39, 0.29) is 22.1 Å². The predicted molar refractivity (Wildman–Crippen MR) is 122 cm³/mol. The van der Waals surface area contributed by atoms with Gasteiger partial charge in [0.15, 0.2) is 0 Å². The number of alkyl halides is 3. The van der Waals surface area contributed by atoms with Crippen molar-refractivity contribution < 1.29 is 30.6 Å². The first-order chi connectivity index (χ1) is 15.2. The molecular formula is C23H28F3NO5S. The van der Waals surface area contributed by atoms with Crippen LogP contribution in [0, 0.1) is 0 Å². The van der Waals surface area contributed by atoms with Crippen LogP contribution < -0.4 is 10.5 Å². The molecule has 0 saturated heterocycles. The highest BCUT2D eigenvalue weighted by atomic mass is 32.2. The molecule has 0 saturated carbocycles. The Bertz CT molecular complexity index is 1230. The van der Waals surface area contributed by atoms with Crippen molar-refractivity contribution in [2.24, 2.45) is 0 Å². The molecule has 1 N–H and O–H groups in total. The van der Waals surface area contributed by atoms with Crippen molar-refractivity contribution in [3.05, 3.63) is 45.8 Å². The van der Waals surface area contributed by atoms with Crippen LogP contribution in [0.25, 0.3) is 16.5 Å². The van der Waals surface area contributed by atoms with Crippen LogP contribution in [0.2, 0.25) is 0 Å². The summed E-state index contributed by atoms with van der Waals surface area (Å²) in [6.07, 6.45) is 1.91. The maximum atomic E-state index is 13.6. The molecule has 1 aromatic carbocycles. The highest BCUT2D eigenvalue weighted by Gasteiger charge is 2.37. The zero-order chi connectivity index (χ0) is 24.6. The van der Waals surface area contributed by atoms with Crippen LogP contribution in [0.1, 0.15) is 64.0 Å². The standard InChI is InChI=1S/C23H28F3NO5S/c1-4-5-6-7-8-9-27-19-12-20-17(18(23(24,25)26)11-21(28)32-20)10-16(19)15(13-22(27,2)3)14-33(29,30)31/h10-13H,4-9,14H2,1-3H3,(H,29,30,31). The molecule has 1 aliphatic rings. The second kappa shape index (κ2) is 9.13. The molecule has 1 aliphatic heterocycles. The highest BCUT2D eigenvalue weighted by Crippen LogP contribution is 2.44. The molecule has 0 aliphatic carbocycles. The maximum absolute atomic E-state index is 13.6. The smallest absolute Gasteiger partial charge is 0.417 e. The predicted octanol–water partition coefficient (Wildman–Crippen LogP) is 5.65. The van der Waals surface area contributed by atoms with Gasteiger partial charge < -0.3 is 9.32 Å². The average Bonchev–Trinajstić information content (AvgIpc) is 2.65. The van der Waals surface area contributed by atoms with Crippen molar-refractivity contribution in [3.8, 4) is 0 Å². The van der Waals surface area contributed by atoms with E-state index >= 15 is 0 Å². The monoisotopic (exact) mass is 487 g/mol. The van der Waals surface area contributed by atoms with Crippen molar-refractivity contribution >= 4 is 32.3 Å². The van der Waals surface area contributed by atoms with Gasteiger partial charge in [0, 0.05) is 35.3 Å². The Morgan fingerprint density at radius 3 is 2.36 bits per heavy atom. The summed E-state index contributed by atoms with van der Waals surface area (Å²) in [4.78, 5) is 13.8. The van der Waals surface area contributed by atoms with E-state index in [0.29, 0.717) is 18.3 Å². The van der Waals surface area contributed by atoms with Gasteiger partial charge in [0.25, 0.3) is 10.1 Å². The average molecular weight is 488 g/mol. The van der Waals surface area contributed by atoms with E-state index < -0.39 is 38.8 Å². The molecular weight excluding hydrogens is 459 g/mol. The lowest BCUT2D eigenvalue weighted by Gasteiger charge is -2.44. The molecule has 10 heteroatoms. The van der Waals surface area contributed by atoms with Crippen LogP contribution in [-0.4, -0.2) is 30.8 Å². The molecule has 2 aromatic rings. The molecule has 0 fully saturated rings. The second-order valence-electron chi connectivity index (χ2n) is 8.96. The molecule has 0 bridgehead atoms. The van der Waals surface area contributed by atoms with Gasteiger partial charge in [0.05, 0.1) is 11.1 Å². The maximum Gasteiger partial charge on any atom is 0.417 e. The molecule has 2 heterocycles. The molecule has 33 heavy (non-hydrogen) atoms. The number of hydrogen-bond acceptors (Lipinski definition) is 5. The summed E-state index contributed by atoms with van der Waals surface area (Å²) in [7, 11) is -4.44. The van der Waals surface area contributed by atoms with E-state index in [4.69, 9.17) is 4.42 Å². The number of fused-ring (bicyclic) bond motifs is 2. The molecule has 0 spiro atoms. The number of rotatable bonds is 8. The summed E-state index contributed by atoms with van der Waals surface area (Å²) in [5, 5.41) is -0.343. The summed E-state index contributed by atoms with van der Waals surface area (Å²) in [5.74, 6) is -0.739. The zero-order valence-electron chi connectivity index (χ0n) is 18.8. The van der Waals surface area contributed by atoms with Crippen molar-refractivity contribution in [3.63, 3.8) is 0 Å². The van der Waals surface area contributed by atoms with Gasteiger partial charge in [-0.05, 0) is 31.9 Å². The topological polar surface area (TPSA) is 87.8 Å². The van der Waals surface area contributed by atoms with E-state index in [9.17, 15) is 30.9 Å². The third-order valence-electron chi connectivity index (χ3n) is 5.85. The number of anilines is 1. The van der Waals surface area contributed by atoms with Gasteiger partial charge in [-0.1, -0.05) is 38.7 Å². The van der Waals surface area contributed by atoms with Crippen LogP contribution in [-0.2, 0) is 16.3 Å². The Kier molecular flexibility index (Phi) is 7.00. The highest BCUT2D eigenvalue weighted by molar-refractivity contribution is 7.86. The van der Waals surface area contributed by atoms with E-state index in [0.717, 1.165) is 32.1 Å². The minimum atomic E-state index is -4.80. The molecule has 0 radical (unpaired) electrons. The van der Waals surface area contributed by atoms with Crippen molar-refractivity contribution in [2.75, 3.05) is 17.2 Å². The normalized spacial score (nSPS) is 16.1. The summed E-state index contributed by atoms with van der Waals surface area (Å²) in [6.45, 7) is 6.41. The van der Waals surface area contributed by atoms with Gasteiger partial charge in [-0.3, -0.25) is 4.55 Å². The summed E-state index contributed by atoms with van der Waals surface area (Å²) in [6, 6.07) is 2.96. The molecule has 182 valence electrons. The van der Waals surface area contributed by atoms with Crippen molar-refractivity contribution in [2.45, 2.75) is 64.6 Å². The molecule has 0 atom stereocenters. The van der Waals surface area contributed by atoms with Crippen LogP contribution in [0.5, 0.6) is 0 Å². The third kappa shape index (κ3) is 5.78. The number of nitrogens with zero attached hydrogens (tertiary/aromatic N) is 1.